The lowest BCUT2D eigenvalue weighted by atomic mass is 9.99. The van der Waals surface area contributed by atoms with E-state index in [4.69, 9.17) is 0 Å². The molecule has 4 N–H and O–H groups in total. The third-order valence-electron chi connectivity index (χ3n) is 6.21. The number of aliphatic hydroxyl groups is 3. The molecule has 0 aromatic carbocycles. The van der Waals surface area contributed by atoms with Crippen LogP contribution in [0.15, 0.2) is 0 Å². The SMILES string of the molecule is CCCCCCCCCCCCCC[C@@H](O)[C@@H](O)[C@H](CO)NC(=O)CCCCCCC. The van der Waals surface area contributed by atoms with Gasteiger partial charge in [-0.1, -0.05) is 117 Å². The Morgan fingerprint density at radius 1 is 0.677 bits per heavy atom. The van der Waals surface area contributed by atoms with Gasteiger partial charge in [0.05, 0.1) is 18.8 Å². The maximum Gasteiger partial charge on any atom is 0.220 e. The minimum Gasteiger partial charge on any atom is -0.394 e. The van der Waals surface area contributed by atoms with Crippen molar-refractivity contribution in [2.24, 2.45) is 0 Å². The highest BCUT2D eigenvalue weighted by atomic mass is 16.3. The summed E-state index contributed by atoms with van der Waals surface area (Å²) in [7, 11) is 0. The number of nitrogens with one attached hydrogen (secondary N) is 1. The van der Waals surface area contributed by atoms with E-state index in [1.54, 1.807) is 0 Å². The second kappa shape index (κ2) is 22.5. The quantitative estimate of drug-likeness (QED) is 0.154. The van der Waals surface area contributed by atoms with E-state index in [0.29, 0.717) is 12.8 Å². The molecule has 0 aromatic rings. The van der Waals surface area contributed by atoms with E-state index in [-0.39, 0.29) is 12.5 Å². The van der Waals surface area contributed by atoms with Gasteiger partial charge in [-0.2, -0.15) is 0 Å². The largest absolute Gasteiger partial charge is 0.394 e. The van der Waals surface area contributed by atoms with E-state index >= 15 is 0 Å². The molecule has 0 aliphatic heterocycles. The topological polar surface area (TPSA) is 89.8 Å². The molecule has 0 aliphatic carbocycles. The number of aliphatic hydroxyl groups excluding tert-OH is 3. The highest BCUT2D eigenvalue weighted by molar-refractivity contribution is 5.76. The first kappa shape index (κ1) is 30.4. The van der Waals surface area contributed by atoms with Crippen molar-refractivity contribution in [3.63, 3.8) is 0 Å². The van der Waals surface area contributed by atoms with Gasteiger partial charge in [-0.05, 0) is 12.8 Å². The summed E-state index contributed by atoms with van der Waals surface area (Å²) >= 11 is 0. The van der Waals surface area contributed by atoms with Crippen molar-refractivity contribution in [1.29, 1.82) is 0 Å². The Hall–Kier alpha value is -0.650. The monoisotopic (exact) mass is 443 g/mol. The molecule has 0 aromatic heterocycles. The van der Waals surface area contributed by atoms with Gasteiger partial charge in [-0.25, -0.2) is 0 Å². The van der Waals surface area contributed by atoms with Crippen molar-refractivity contribution in [2.75, 3.05) is 6.61 Å². The first-order chi connectivity index (χ1) is 15.1. The molecule has 0 heterocycles. The van der Waals surface area contributed by atoms with Gasteiger partial charge in [0.15, 0.2) is 0 Å². The van der Waals surface area contributed by atoms with Crippen LogP contribution in [0.2, 0.25) is 0 Å². The molecular formula is C26H53NO4. The van der Waals surface area contributed by atoms with Gasteiger partial charge in [0.1, 0.15) is 6.10 Å². The van der Waals surface area contributed by atoms with Crippen molar-refractivity contribution in [3.05, 3.63) is 0 Å². The van der Waals surface area contributed by atoms with Crippen LogP contribution in [0.4, 0.5) is 0 Å². The Morgan fingerprint density at radius 2 is 1.10 bits per heavy atom. The molecule has 0 aliphatic rings. The lowest BCUT2D eigenvalue weighted by Crippen LogP contribution is -2.50. The summed E-state index contributed by atoms with van der Waals surface area (Å²) in [6, 6.07) is -0.796. The van der Waals surface area contributed by atoms with Gasteiger partial charge in [-0.15, -0.1) is 0 Å². The number of unbranched alkanes of at least 4 members (excludes halogenated alkanes) is 15. The zero-order valence-corrected chi connectivity index (χ0v) is 20.6. The number of hydrogen-bond donors (Lipinski definition) is 4. The summed E-state index contributed by atoms with van der Waals surface area (Å²) < 4.78 is 0. The van der Waals surface area contributed by atoms with Crippen LogP contribution in [0.5, 0.6) is 0 Å². The maximum absolute atomic E-state index is 12.0. The van der Waals surface area contributed by atoms with E-state index in [9.17, 15) is 20.1 Å². The zero-order chi connectivity index (χ0) is 23.2. The van der Waals surface area contributed by atoms with Crippen LogP contribution >= 0.6 is 0 Å². The van der Waals surface area contributed by atoms with E-state index in [1.807, 2.05) is 0 Å². The fourth-order valence-electron chi connectivity index (χ4n) is 4.04. The number of hydrogen-bond acceptors (Lipinski definition) is 4. The summed E-state index contributed by atoms with van der Waals surface area (Å²) in [5.74, 6) is -0.160. The molecule has 0 fully saturated rings. The van der Waals surface area contributed by atoms with Crippen LogP contribution < -0.4 is 5.32 Å². The second-order valence-electron chi connectivity index (χ2n) is 9.26. The van der Waals surface area contributed by atoms with Crippen LogP contribution in [0.25, 0.3) is 0 Å². The molecule has 0 spiro atoms. The fraction of sp³-hybridized carbons (Fsp3) is 0.962. The normalized spacial score (nSPS) is 14.4. The molecule has 0 saturated carbocycles. The summed E-state index contributed by atoms with van der Waals surface area (Å²) in [5.41, 5.74) is 0. The highest BCUT2D eigenvalue weighted by Crippen LogP contribution is 2.15. The van der Waals surface area contributed by atoms with E-state index < -0.39 is 18.2 Å². The first-order valence-corrected chi connectivity index (χ1v) is 13.3. The van der Waals surface area contributed by atoms with Crippen LogP contribution in [0.1, 0.15) is 136 Å². The van der Waals surface area contributed by atoms with Crippen LogP contribution in [0.3, 0.4) is 0 Å². The minimum absolute atomic E-state index is 0.160. The lowest BCUT2D eigenvalue weighted by molar-refractivity contribution is -0.124. The standard InChI is InChI=1S/C26H53NO4/c1-3-5-7-9-10-11-12-13-14-15-17-18-20-24(29)26(31)23(22-28)27-25(30)21-19-16-8-6-4-2/h23-24,26,28-29,31H,3-22H2,1-2H3,(H,27,30)/t23-,24+,26-/m0/s1. The predicted molar refractivity (Wildman–Crippen MR) is 130 cm³/mol. The van der Waals surface area contributed by atoms with Crippen molar-refractivity contribution >= 4 is 5.91 Å². The van der Waals surface area contributed by atoms with Crippen LogP contribution in [-0.4, -0.2) is 46.1 Å². The van der Waals surface area contributed by atoms with Gasteiger partial charge in [0.2, 0.25) is 5.91 Å². The maximum atomic E-state index is 12.0. The molecule has 1 amide bonds. The van der Waals surface area contributed by atoms with E-state index in [1.165, 1.54) is 70.6 Å². The Morgan fingerprint density at radius 3 is 1.55 bits per heavy atom. The summed E-state index contributed by atoms with van der Waals surface area (Å²) in [6.45, 7) is 4.04. The van der Waals surface area contributed by atoms with Crippen molar-refractivity contribution in [2.45, 2.75) is 154 Å². The van der Waals surface area contributed by atoms with Crippen molar-refractivity contribution in [1.82, 2.24) is 5.32 Å². The smallest absolute Gasteiger partial charge is 0.220 e. The summed E-state index contributed by atoms with van der Waals surface area (Å²) in [4.78, 5) is 12.0. The Kier molecular flexibility index (Phi) is 22.1. The molecule has 0 bridgehead atoms. The molecule has 31 heavy (non-hydrogen) atoms. The Balaban J connectivity index is 3.76. The van der Waals surface area contributed by atoms with Crippen LogP contribution in [0, 0.1) is 0 Å². The minimum atomic E-state index is -1.12. The predicted octanol–water partition coefficient (Wildman–Crippen LogP) is 5.64. The third-order valence-corrected chi connectivity index (χ3v) is 6.21. The highest BCUT2D eigenvalue weighted by Gasteiger charge is 2.26. The molecule has 5 heteroatoms. The average Bonchev–Trinajstić information content (AvgIpc) is 2.77. The van der Waals surface area contributed by atoms with E-state index in [2.05, 4.69) is 19.2 Å². The van der Waals surface area contributed by atoms with E-state index in [0.717, 1.165) is 38.5 Å². The third kappa shape index (κ3) is 18.6. The second-order valence-corrected chi connectivity index (χ2v) is 9.26. The molecular weight excluding hydrogens is 390 g/mol. The molecule has 0 radical (unpaired) electrons. The molecule has 0 saturated heterocycles. The van der Waals surface area contributed by atoms with Crippen molar-refractivity contribution in [3.8, 4) is 0 Å². The number of carbonyl (C=O) groups excluding carboxylic acids is 1. The number of carbonyl (C=O) groups is 1. The van der Waals surface area contributed by atoms with Gasteiger partial charge < -0.3 is 20.6 Å². The summed E-state index contributed by atoms with van der Waals surface area (Å²) in [6.07, 6.45) is 19.3. The molecule has 3 atom stereocenters. The Labute approximate surface area is 192 Å². The number of amides is 1. The van der Waals surface area contributed by atoms with Gasteiger partial charge >= 0.3 is 0 Å². The lowest BCUT2D eigenvalue weighted by Gasteiger charge is -2.26. The fourth-order valence-corrected chi connectivity index (χ4v) is 4.04. The first-order valence-electron chi connectivity index (χ1n) is 13.3. The van der Waals surface area contributed by atoms with Gasteiger partial charge in [-0.3, -0.25) is 4.79 Å². The molecule has 186 valence electrons. The average molecular weight is 444 g/mol. The van der Waals surface area contributed by atoms with Gasteiger partial charge in [0, 0.05) is 6.42 Å². The molecule has 0 unspecified atom stereocenters. The summed E-state index contributed by atoms with van der Waals surface area (Å²) in [5, 5.41) is 32.8. The Bertz CT molecular complexity index is 392. The number of rotatable bonds is 23. The van der Waals surface area contributed by atoms with Gasteiger partial charge in [0.25, 0.3) is 0 Å². The molecule has 0 rings (SSSR count). The zero-order valence-electron chi connectivity index (χ0n) is 20.6. The van der Waals surface area contributed by atoms with Crippen LogP contribution in [-0.2, 0) is 4.79 Å². The van der Waals surface area contributed by atoms with Crippen molar-refractivity contribution < 1.29 is 20.1 Å². The molecule has 5 nitrogen and oxygen atoms in total.